The molecule has 0 saturated carbocycles. The molecule has 1 aromatic carbocycles. The molecule has 0 fully saturated rings. The third-order valence-electron chi connectivity index (χ3n) is 5.45. The van der Waals surface area contributed by atoms with E-state index in [0.717, 1.165) is 27.9 Å². The van der Waals surface area contributed by atoms with Gasteiger partial charge in [-0.1, -0.05) is 36.4 Å². The molecular weight excluding hydrogens is 326 g/mol. The van der Waals surface area contributed by atoms with Crippen molar-refractivity contribution >= 4 is 22.5 Å². The summed E-state index contributed by atoms with van der Waals surface area (Å²) in [7, 11) is 0. The number of aromatic hydroxyl groups is 1. The lowest BCUT2D eigenvalue weighted by atomic mass is 9.71. The van der Waals surface area contributed by atoms with Crippen LogP contribution in [-0.2, 0) is 4.79 Å². The Morgan fingerprint density at radius 1 is 1.23 bits per heavy atom. The predicted molar refractivity (Wildman–Crippen MR) is 101 cm³/mol. The van der Waals surface area contributed by atoms with Gasteiger partial charge >= 0.3 is 0 Å². The zero-order valence-corrected chi connectivity index (χ0v) is 14.2. The molecule has 2 aliphatic rings. The summed E-state index contributed by atoms with van der Waals surface area (Å²) in [5.41, 5.74) is 3.53. The number of rotatable bonds is 2. The highest BCUT2D eigenvalue weighted by molar-refractivity contribution is 6.16. The van der Waals surface area contributed by atoms with Crippen LogP contribution in [-0.4, -0.2) is 26.7 Å². The zero-order valence-electron chi connectivity index (χ0n) is 14.2. The number of aliphatic imine (C=N–C) groups is 1. The molecule has 2 aromatic heterocycles. The lowest BCUT2D eigenvalue weighted by molar-refractivity contribution is -0.119. The molecule has 5 heteroatoms. The van der Waals surface area contributed by atoms with Crippen LogP contribution < -0.4 is 0 Å². The van der Waals surface area contributed by atoms with Gasteiger partial charge in [0.2, 0.25) is 0 Å². The van der Waals surface area contributed by atoms with Crippen LogP contribution in [0.1, 0.15) is 18.4 Å². The minimum absolute atomic E-state index is 0.0178. The van der Waals surface area contributed by atoms with Crippen molar-refractivity contribution in [3.05, 3.63) is 66.4 Å². The van der Waals surface area contributed by atoms with Crippen molar-refractivity contribution in [2.24, 2.45) is 10.4 Å². The van der Waals surface area contributed by atoms with Crippen LogP contribution in [0.2, 0.25) is 0 Å². The van der Waals surface area contributed by atoms with E-state index >= 15 is 0 Å². The van der Waals surface area contributed by atoms with E-state index in [-0.39, 0.29) is 11.8 Å². The lowest BCUT2D eigenvalue weighted by Gasteiger charge is -2.28. The Hall–Kier alpha value is -3.34. The lowest BCUT2D eigenvalue weighted by Crippen LogP contribution is -2.30. The molecule has 1 aliphatic heterocycles. The monoisotopic (exact) mass is 343 g/mol. The van der Waals surface area contributed by atoms with Crippen LogP contribution in [0, 0.1) is 5.41 Å². The summed E-state index contributed by atoms with van der Waals surface area (Å²) in [5, 5.41) is 11.6. The number of aromatic nitrogens is 2. The number of H-pyrrole nitrogens is 2. The fourth-order valence-corrected chi connectivity index (χ4v) is 4.08. The highest BCUT2D eigenvalue weighted by Gasteiger charge is 2.48. The van der Waals surface area contributed by atoms with E-state index in [1.807, 2.05) is 67.8 Å². The number of hydrogen-bond acceptors (Lipinski definition) is 2. The number of carbonyl (C=O) groups is 1. The minimum Gasteiger partial charge on any atom is -0.494 e. The largest absolute Gasteiger partial charge is 0.494 e. The molecule has 5 rings (SSSR count). The summed E-state index contributed by atoms with van der Waals surface area (Å²) in [6, 6.07) is 9.84. The third kappa shape index (κ3) is 1.91. The van der Waals surface area contributed by atoms with E-state index in [9.17, 15) is 9.90 Å². The SMILES string of the molecule is CC12C=CC=CC1=NC(=O)C2c1cc(-c2c[nH]c3ccccc23)[nH]c1O. The van der Waals surface area contributed by atoms with Crippen LogP contribution in [0.25, 0.3) is 22.2 Å². The quantitative estimate of drug-likeness (QED) is 0.656. The normalized spacial score (nSPS) is 24.3. The van der Waals surface area contributed by atoms with Crippen molar-refractivity contribution in [3.63, 3.8) is 0 Å². The number of para-hydroxylation sites is 1. The van der Waals surface area contributed by atoms with Gasteiger partial charge in [0.25, 0.3) is 5.91 Å². The van der Waals surface area contributed by atoms with Gasteiger partial charge in [-0.05, 0) is 25.1 Å². The maximum Gasteiger partial charge on any atom is 0.254 e. The highest BCUT2D eigenvalue weighted by atomic mass is 16.3. The second kappa shape index (κ2) is 5.08. The number of fused-ring (bicyclic) bond motifs is 2. The van der Waals surface area contributed by atoms with Gasteiger partial charge in [-0.15, -0.1) is 0 Å². The Morgan fingerprint density at radius 2 is 2.08 bits per heavy atom. The predicted octanol–water partition coefficient (Wildman–Crippen LogP) is 4.07. The summed E-state index contributed by atoms with van der Waals surface area (Å²) in [4.78, 5) is 23.1. The molecule has 3 aromatic rings. The molecule has 0 bridgehead atoms. The van der Waals surface area contributed by atoms with Gasteiger partial charge in [0, 0.05) is 33.6 Å². The molecule has 2 unspecified atom stereocenters. The van der Waals surface area contributed by atoms with Crippen LogP contribution in [0.4, 0.5) is 0 Å². The highest BCUT2D eigenvalue weighted by Crippen LogP contribution is 2.49. The van der Waals surface area contributed by atoms with Gasteiger partial charge in [0.1, 0.15) is 0 Å². The number of amides is 1. The maximum atomic E-state index is 12.6. The Bertz CT molecular complexity index is 1150. The molecule has 0 spiro atoms. The molecule has 5 nitrogen and oxygen atoms in total. The standard InChI is InChI=1S/C21H17N3O2/c1-21-9-5-4-8-17(21)24-20(26)18(21)13-10-16(23-19(13)25)14-11-22-15-7-3-2-6-12(14)15/h2-11,18,22-23,25H,1H3. The second-order valence-corrected chi connectivity index (χ2v) is 7.00. The molecule has 2 atom stereocenters. The molecule has 26 heavy (non-hydrogen) atoms. The van der Waals surface area contributed by atoms with Crippen molar-refractivity contribution in [2.45, 2.75) is 12.8 Å². The molecule has 1 aliphatic carbocycles. The topological polar surface area (TPSA) is 81.2 Å². The van der Waals surface area contributed by atoms with Crippen molar-refractivity contribution < 1.29 is 9.90 Å². The number of hydrogen-bond donors (Lipinski definition) is 3. The summed E-state index contributed by atoms with van der Waals surface area (Å²) >= 11 is 0. The average Bonchev–Trinajstić information content (AvgIpc) is 3.27. The molecule has 128 valence electrons. The first-order valence-electron chi connectivity index (χ1n) is 8.55. The van der Waals surface area contributed by atoms with Gasteiger partial charge in [0.15, 0.2) is 5.88 Å². The van der Waals surface area contributed by atoms with Crippen LogP contribution in [0.5, 0.6) is 5.88 Å². The first-order chi connectivity index (χ1) is 12.6. The Labute approximate surface area is 149 Å². The van der Waals surface area contributed by atoms with Gasteiger partial charge in [-0.2, -0.15) is 0 Å². The third-order valence-corrected chi connectivity index (χ3v) is 5.45. The van der Waals surface area contributed by atoms with E-state index in [0.29, 0.717) is 5.56 Å². The number of carbonyl (C=O) groups excluding carboxylic acids is 1. The van der Waals surface area contributed by atoms with Crippen LogP contribution in [0.3, 0.4) is 0 Å². The average molecular weight is 343 g/mol. The van der Waals surface area contributed by atoms with Gasteiger partial charge < -0.3 is 15.1 Å². The Kier molecular flexibility index (Phi) is 2.92. The van der Waals surface area contributed by atoms with Crippen molar-refractivity contribution in [1.82, 2.24) is 9.97 Å². The molecule has 0 radical (unpaired) electrons. The van der Waals surface area contributed by atoms with E-state index in [1.165, 1.54) is 0 Å². The van der Waals surface area contributed by atoms with Gasteiger partial charge in [-0.3, -0.25) is 4.79 Å². The molecular formula is C21H17N3O2. The smallest absolute Gasteiger partial charge is 0.254 e. The van der Waals surface area contributed by atoms with E-state index in [4.69, 9.17) is 0 Å². The van der Waals surface area contributed by atoms with E-state index < -0.39 is 11.3 Å². The van der Waals surface area contributed by atoms with Gasteiger partial charge in [-0.25, -0.2) is 4.99 Å². The molecule has 1 amide bonds. The van der Waals surface area contributed by atoms with Gasteiger partial charge in [0.05, 0.1) is 17.3 Å². The number of nitrogens with zero attached hydrogens (tertiary/aromatic N) is 1. The van der Waals surface area contributed by atoms with Crippen molar-refractivity contribution in [2.75, 3.05) is 0 Å². The number of benzene rings is 1. The summed E-state index contributed by atoms with van der Waals surface area (Å²) in [6.45, 7) is 1.99. The molecule has 3 N–H and O–H groups in total. The first-order valence-corrected chi connectivity index (χ1v) is 8.55. The van der Waals surface area contributed by atoms with Crippen molar-refractivity contribution in [1.29, 1.82) is 0 Å². The van der Waals surface area contributed by atoms with Crippen LogP contribution >= 0.6 is 0 Å². The summed E-state index contributed by atoms with van der Waals surface area (Å²) < 4.78 is 0. The summed E-state index contributed by atoms with van der Waals surface area (Å²) in [5.74, 6) is -0.739. The van der Waals surface area contributed by atoms with E-state index in [2.05, 4.69) is 15.0 Å². The Balaban J connectivity index is 1.63. The second-order valence-electron chi connectivity index (χ2n) is 7.00. The number of nitrogens with one attached hydrogen (secondary N) is 2. The zero-order chi connectivity index (χ0) is 17.9. The molecule has 0 saturated heterocycles. The fraction of sp³-hybridized carbons (Fsp3) is 0.143. The Morgan fingerprint density at radius 3 is 2.96 bits per heavy atom. The number of aromatic amines is 2. The van der Waals surface area contributed by atoms with E-state index in [1.54, 1.807) is 0 Å². The fourth-order valence-electron chi connectivity index (χ4n) is 4.08. The number of allylic oxidation sites excluding steroid dienone is 4. The van der Waals surface area contributed by atoms with Crippen molar-refractivity contribution in [3.8, 4) is 17.1 Å². The van der Waals surface area contributed by atoms with Crippen LogP contribution in [0.15, 0.2) is 65.8 Å². The summed E-state index contributed by atoms with van der Waals surface area (Å²) in [6.07, 6.45) is 9.56. The maximum absolute atomic E-state index is 12.6. The minimum atomic E-state index is -0.539. The molecule has 3 heterocycles. The first kappa shape index (κ1) is 15.0.